The molecule has 0 unspecified atom stereocenters. The van der Waals surface area contributed by atoms with Gasteiger partial charge in [-0.05, 0) is 114 Å². The molecule has 2 aromatic heterocycles. The molecule has 0 fully saturated rings. The highest BCUT2D eigenvalue weighted by molar-refractivity contribution is 8.76. The van der Waals surface area contributed by atoms with Gasteiger partial charge in [-0.25, -0.2) is 0 Å². The van der Waals surface area contributed by atoms with E-state index in [9.17, 15) is 0 Å². The number of aromatic nitrogens is 2. The summed E-state index contributed by atoms with van der Waals surface area (Å²) in [5.41, 5.74) is 7.31. The van der Waals surface area contributed by atoms with E-state index in [-0.39, 0.29) is 0 Å². The van der Waals surface area contributed by atoms with Gasteiger partial charge in [-0.1, -0.05) is 45.9 Å². The Kier molecular flexibility index (Phi) is 16.8. The normalized spacial score (nSPS) is 11.7. The molecule has 49 heavy (non-hydrogen) atoms. The molecule has 0 spiro atoms. The molecule has 0 radical (unpaired) electrons. The maximum atomic E-state index is 3.52. The van der Waals surface area contributed by atoms with Gasteiger partial charge in [-0.2, -0.15) is 9.13 Å². The number of hydrogen-bond acceptors (Lipinski definition) is 6. The molecule has 0 saturated carbocycles. The van der Waals surface area contributed by atoms with Gasteiger partial charge < -0.3 is 20.0 Å². The average Bonchev–Trinajstić information content (AvgIpc) is 3.11. The third kappa shape index (κ3) is 14.4. The molecule has 0 aliphatic rings. The average molecular weight is 697 g/mol. The lowest BCUT2D eigenvalue weighted by molar-refractivity contribution is -0.694. The summed E-state index contributed by atoms with van der Waals surface area (Å²) < 4.78 is 4.69. The van der Waals surface area contributed by atoms with Gasteiger partial charge in [-0.3, -0.25) is 0 Å². The van der Waals surface area contributed by atoms with Gasteiger partial charge in [0, 0.05) is 67.9 Å². The molecule has 0 bridgehead atoms. The van der Waals surface area contributed by atoms with Crippen molar-refractivity contribution in [2.75, 3.05) is 83.1 Å². The number of aryl methyl sites for hydroxylation is 2. The van der Waals surface area contributed by atoms with E-state index in [0.29, 0.717) is 0 Å². The lowest BCUT2D eigenvalue weighted by Crippen LogP contribution is -2.38. The molecule has 2 heterocycles. The van der Waals surface area contributed by atoms with E-state index in [4.69, 9.17) is 0 Å². The van der Waals surface area contributed by atoms with Crippen LogP contribution in [0.25, 0.3) is 24.3 Å². The van der Waals surface area contributed by atoms with Crippen molar-refractivity contribution in [1.82, 2.24) is 9.80 Å². The maximum absolute atomic E-state index is 3.52. The number of hydrogen-bond donors (Lipinski definition) is 1. The first kappa shape index (κ1) is 38.2. The van der Waals surface area contributed by atoms with Gasteiger partial charge in [-0.15, -0.1) is 0 Å². The van der Waals surface area contributed by atoms with Crippen LogP contribution in [0.2, 0.25) is 0 Å². The van der Waals surface area contributed by atoms with Crippen molar-refractivity contribution in [1.29, 1.82) is 0 Å². The molecule has 0 atom stereocenters. The minimum atomic E-state index is 0.977. The SMILES string of the molecule is CN(C)CCCNc1ccc(/C=C/c2cccc[n+]2CCSSCC[n+]2ccccc2/C=C/c2ccc(N(C)CCCN(C)C)cc2)cc1. The lowest BCUT2D eigenvalue weighted by Gasteiger charge is -2.20. The summed E-state index contributed by atoms with van der Waals surface area (Å²) in [6.45, 7) is 6.21. The van der Waals surface area contributed by atoms with Gasteiger partial charge in [0.1, 0.15) is 0 Å². The molecule has 0 aliphatic heterocycles. The molecule has 0 aliphatic carbocycles. The molecule has 1 N–H and O–H groups in total. The second-order valence-corrected chi connectivity index (χ2v) is 15.5. The molecule has 0 amide bonds. The number of benzene rings is 2. The van der Waals surface area contributed by atoms with Crippen molar-refractivity contribution in [2.45, 2.75) is 25.9 Å². The molecule has 260 valence electrons. The van der Waals surface area contributed by atoms with Crippen molar-refractivity contribution >= 4 is 57.3 Å². The third-order valence-electron chi connectivity index (χ3n) is 8.21. The molecule has 4 rings (SSSR count). The highest BCUT2D eigenvalue weighted by Gasteiger charge is 2.09. The van der Waals surface area contributed by atoms with Crippen LogP contribution in [0.3, 0.4) is 0 Å². The Morgan fingerprint density at radius 3 is 1.61 bits per heavy atom. The van der Waals surface area contributed by atoms with Gasteiger partial charge in [0.05, 0.1) is 11.5 Å². The Balaban J connectivity index is 1.19. The van der Waals surface area contributed by atoms with Crippen LogP contribution in [-0.2, 0) is 13.1 Å². The highest BCUT2D eigenvalue weighted by Crippen LogP contribution is 2.21. The van der Waals surface area contributed by atoms with Gasteiger partial charge in [0.2, 0.25) is 11.4 Å². The molecule has 4 aromatic rings. The van der Waals surface area contributed by atoms with Crippen LogP contribution in [0, 0.1) is 0 Å². The summed E-state index contributed by atoms with van der Waals surface area (Å²) in [4.78, 5) is 6.79. The molecular formula is C41H56N6S2+2. The van der Waals surface area contributed by atoms with Gasteiger partial charge >= 0.3 is 0 Å². The van der Waals surface area contributed by atoms with E-state index in [0.717, 1.165) is 63.6 Å². The van der Waals surface area contributed by atoms with E-state index in [2.05, 4.69) is 186 Å². The van der Waals surface area contributed by atoms with Crippen molar-refractivity contribution in [2.24, 2.45) is 0 Å². The number of pyridine rings is 2. The highest BCUT2D eigenvalue weighted by atomic mass is 33.1. The van der Waals surface area contributed by atoms with E-state index in [1.165, 1.54) is 33.9 Å². The summed E-state index contributed by atoms with van der Waals surface area (Å²) in [6, 6.07) is 30.4. The van der Waals surface area contributed by atoms with E-state index >= 15 is 0 Å². The van der Waals surface area contributed by atoms with Crippen molar-refractivity contribution in [3.63, 3.8) is 0 Å². The second kappa shape index (κ2) is 21.5. The van der Waals surface area contributed by atoms with Crippen molar-refractivity contribution in [3.8, 4) is 0 Å². The van der Waals surface area contributed by atoms with Crippen LogP contribution in [0.1, 0.15) is 35.4 Å². The van der Waals surface area contributed by atoms with E-state index in [1.54, 1.807) is 0 Å². The number of rotatable bonds is 21. The van der Waals surface area contributed by atoms with Crippen LogP contribution in [0.15, 0.2) is 97.3 Å². The zero-order valence-electron chi connectivity index (χ0n) is 30.2. The van der Waals surface area contributed by atoms with Gasteiger partial charge in [0.15, 0.2) is 25.5 Å². The first-order valence-electron chi connectivity index (χ1n) is 17.4. The van der Waals surface area contributed by atoms with Crippen molar-refractivity contribution in [3.05, 3.63) is 120 Å². The standard InChI is InChI=1S/C41H55N6S2/c1-43(2)27-10-26-42-38-20-14-36(15-21-38)18-24-40-12-6-8-30-46(40)32-34-48-49-35-33-47-31-9-7-13-41(47)25-19-37-16-22-39(23-17-37)45(5)29-11-28-44(3)4/h6-9,12-25,30-31H,10-11,26-29,32-35H2,1-5H3/q+1/p+1. The zero-order valence-corrected chi connectivity index (χ0v) is 31.8. The molecule has 6 nitrogen and oxygen atoms in total. The number of anilines is 2. The molecule has 2 aromatic carbocycles. The van der Waals surface area contributed by atoms with Crippen LogP contribution in [0.5, 0.6) is 0 Å². The van der Waals surface area contributed by atoms with E-state index in [1.807, 2.05) is 21.6 Å². The maximum Gasteiger partial charge on any atom is 0.205 e. The lowest BCUT2D eigenvalue weighted by atomic mass is 10.1. The fraction of sp³-hybridized carbons (Fsp3) is 0.366. The van der Waals surface area contributed by atoms with Crippen LogP contribution in [-0.4, -0.2) is 82.7 Å². The topological polar surface area (TPSA) is 29.5 Å². The van der Waals surface area contributed by atoms with Crippen LogP contribution in [0.4, 0.5) is 11.4 Å². The largest absolute Gasteiger partial charge is 0.385 e. The van der Waals surface area contributed by atoms with Crippen molar-refractivity contribution < 1.29 is 9.13 Å². The minimum Gasteiger partial charge on any atom is -0.385 e. The summed E-state index contributed by atoms with van der Waals surface area (Å²) in [5, 5.41) is 3.52. The zero-order chi connectivity index (χ0) is 34.7. The van der Waals surface area contributed by atoms with Crippen LogP contribution >= 0.6 is 21.6 Å². The predicted molar refractivity (Wildman–Crippen MR) is 217 cm³/mol. The van der Waals surface area contributed by atoms with Crippen LogP contribution < -0.4 is 19.4 Å². The Morgan fingerprint density at radius 2 is 1.08 bits per heavy atom. The first-order chi connectivity index (χ1) is 23.9. The van der Waals surface area contributed by atoms with Gasteiger partial charge in [0.25, 0.3) is 0 Å². The molecular weight excluding hydrogens is 641 g/mol. The second-order valence-electron chi connectivity index (χ2n) is 12.8. The van der Waals surface area contributed by atoms with E-state index < -0.39 is 0 Å². The number of nitrogens with zero attached hydrogens (tertiary/aromatic N) is 5. The third-order valence-corrected chi connectivity index (χ3v) is 10.6. The summed E-state index contributed by atoms with van der Waals surface area (Å²) in [6.07, 6.45) is 15.5. The Hall–Kier alpha value is -3.56. The summed E-state index contributed by atoms with van der Waals surface area (Å²) >= 11 is 0. The monoisotopic (exact) mass is 696 g/mol. The quantitative estimate of drug-likeness (QED) is 0.0554. The molecule has 0 saturated heterocycles. The fourth-order valence-electron chi connectivity index (χ4n) is 5.37. The fourth-order valence-corrected chi connectivity index (χ4v) is 7.31. The summed E-state index contributed by atoms with van der Waals surface area (Å²) in [5.74, 6) is 2.11. The number of nitrogens with one attached hydrogen (secondary N) is 1. The Labute approximate surface area is 303 Å². The molecule has 8 heteroatoms. The predicted octanol–water partition coefficient (Wildman–Crippen LogP) is 7.44. The summed E-state index contributed by atoms with van der Waals surface area (Å²) in [7, 11) is 14.6. The minimum absolute atomic E-state index is 0.977. The Bertz CT molecular complexity index is 1570. The smallest absolute Gasteiger partial charge is 0.205 e. The Morgan fingerprint density at radius 1 is 0.571 bits per heavy atom. The first-order valence-corrected chi connectivity index (χ1v) is 19.9.